The van der Waals surface area contributed by atoms with E-state index >= 15 is 0 Å². The third-order valence-electron chi connectivity index (χ3n) is 5.27. The van der Waals surface area contributed by atoms with E-state index in [1.54, 1.807) is 7.11 Å². The molecule has 148 valence electrons. The lowest BCUT2D eigenvalue weighted by atomic mass is 10.1. The van der Waals surface area contributed by atoms with Gasteiger partial charge in [0.25, 0.3) is 5.91 Å². The molecule has 1 aliphatic rings. The highest BCUT2D eigenvalue weighted by Gasteiger charge is 2.35. The van der Waals surface area contributed by atoms with Crippen LogP contribution in [0.4, 0.5) is 0 Å². The van der Waals surface area contributed by atoms with Gasteiger partial charge in [0.2, 0.25) is 0 Å². The van der Waals surface area contributed by atoms with Crippen LogP contribution >= 0.6 is 11.6 Å². The summed E-state index contributed by atoms with van der Waals surface area (Å²) < 4.78 is 5.22. The Morgan fingerprint density at radius 3 is 2.38 bits per heavy atom. The van der Waals surface area contributed by atoms with E-state index in [0.717, 1.165) is 39.4 Å². The summed E-state index contributed by atoms with van der Waals surface area (Å²) in [4.78, 5) is 14.9. The largest absolute Gasteiger partial charge is 0.497 e. The van der Waals surface area contributed by atoms with Crippen molar-refractivity contribution < 1.29 is 9.53 Å². The average molecular weight is 407 g/mol. The van der Waals surface area contributed by atoms with Crippen LogP contribution in [0.25, 0.3) is 0 Å². The van der Waals surface area contributed by atoms with Crippen LogP contribution in [-0.2, 0) is 13.0 Å². The van der Waals surface area contributed by atoms with Gasteiger partial charge >= 0.3 is 0 Å². The zero-order chi connectivity index (χ0) is 20.2. The molecule has 0 saturated carbocycles. The summed E-state index contributed by atoms with van der Waals surface area (Å²) in [7, 11) is 1.66. The van der Waals surface area contributed by atoms with Crippen LogP contribution in [-0.4, -0.2) is 24.5 Å². The van der Waals surface area contributed by atoms with Gasteiger partial charge < -0.3 is 9.64 Å². The Morgan fingerprint density at radius 2 is 1.66 bits per heavy atom. The van der Waals surface area contributed by atoms with Crippen molar-refractivity contribution in [3.05, 3.63) is 100 Å². The zero-order valence-electron chi connectivity index (χ0n) is 16.3. The molecule has 1 N–H and O–H groups in total. The van der Waals surface area contributed by atoms with Crippen molar-refractivity contribution in [1.82, 2.24) is 10.2 Å². The minimum atomic E-state index is -0.145. The van der Waals surface area contributed by atoms with Crippen molar-refractivity contribution in [3.8, 4) is 5.75 Å². The standard InChI is InChI=1S/C24H23ClN2O2/c1-29-20-12-8-18(9-13-20)16-26-23-21-4-2-3-5-22(21)24(28)27(23)15-14-17-6-10-19(25)11-7-17/h2-13,23,26H,14-16H2,1H3. The molecular formula is C24H23ClN2O2. The first kappa shape index (κ1) is 19.5. The third kappa shape index (κ3) is 4.29. The molecule has 5 heteroatoms. The van der Waals surface area contributed by atoms with Crippen LogP contribution in [0.3, 0.4) is 0 Å². The second kappa shape index (κ2) is 8.68. The van der Waals surface area contributed by atoms with Crippen LogP contribution in [0.2, 0.25) is 5.02 Å². The molecule has 3 aromatic carbocycles. The van der Waals surface area contributed by atoms with Crippen LogP contribution in [0, 0.1) is 0 Å². The molecule has 0 spiro atoms. The number of rotatable bonds is 7. The van der Waals surface area contributed by atoms with Crippen molar-refractivity contribution in [2.45, 2.75) is 19.1 Å². The van der Waals surface area contributed by atoms with Gasteiger partial charge in [0.15, 0.2) is 0 Å². The molecule has 1 heterocycles. The molecule has 0 aromatic heterocycles. The zero-order valence-corrected chi connectivity index (χ0v) is 17.0. The fourth-order valence-electron chi connectivity index (χ4n) is 3.68. The molecule has 1 unspecified atom stereocenters. The fraction of sp³-hybridized carbons (Fsp3) is 0.208. The molecule has 0 bridgehead atoms. The van der Waals surface area contributed by atoms with E-state index in [1.165, 1.54) is 0 Å². The first-order valence-electron chi connectivity index (χ1n) is 9.66. The van der Waals surface area contributed by atoms with Gasteiger partial charge in [0, 0.05) is 29.2 Å². The summed E-state index contributed by atoms with van der Waals surface area (Å²) in [5, 5.41) is 4.28. The Bertz CT molecular complexity index is 987. The maximum Gasteiger partial charge on any atom is 0.255 e. The second-order valence-corrected chi connectivity index (χ2v) is 7.53. The Balaban J connectivity index is 1.50. The number of hydrogen-bond acceptors (Lipinski definition) is 3. The monoisotopic (exact) mass is 406 g/mol. The van der Waals surface area contributed by atoms with Gasteiger partial charge in [-0.3, -0.25) is 10.1 Å². The number of carbonyl (C=O) groups is 1. The molecule has 4 rings (SSSR count). The highest BCUT2D eigenvalue weighted by Crippen LogP contribution is 2.32. The van der Waals surface area contributed by atoms with Crippen molar-refractivity contribution >= 4 is 17.5 Å². The van der Waals surface area contributed by atoms with Gasteiger partial charge in [-0.25, -0.2) is 0 Å². The summed E-state index contributed by atoms with van der Waals surface area (Å²) in [5.41, 5.74) is 4.10. The number of ether oxygens (including phenoxy) is 1. The number of nitrogens with zero attached hydrogens (tertiary/aromatic N) is 1. The van der Waals surface area contributed by atoms with Gasteiger partial charge in [-0.15, -0.1) is 0 Å². The van der Waals surface area contributed by atoms with E-state index in [-0.39, 0.29) is 12.1 Å². The lowest BCUT2D eigenvalue weighted by Gasteiger charge is -2.26. The van der Waals surface area contributed by atoms with Gasteiger partial charge in [-0.1, -0.05) is 54.1 Å². The first-order chi connectivity index (χ1) is 14.2. The van der Waals surface area contributed by atoms with E-state index < -0.39 is 0 Å². The molecule has 0 saturated heterocycles. The topological polar surface area (TPSA) is 41.6 Å². The fourth-order valence-corrected chi connectivity index (χ4v) is 3.81. The number of benzene rings is 3. The Kier molecular flexibility index (Phi) is 5.84. The Labute approximate surface area is 176 Å². The average Bonchev–Trinajstić information content (AvgIpc) is 3.03. The van der Waals surface area contributed by atoms with Crippen LogP contribution in [0.1, 0.15) is 33.2 Å². The van der Waals surface area contributed by atoms with Gasteiger partial charge in [0.1, 0.15) is 11.9 Å². The number of nitrogens with one attached hydrogen (secondary N) is 1. The van der Waals surface area contributed by atoms with Gasteiger partial charge in [-0.05, 0) is 47.9 Å². The van der Waals surface area contributed by atoms with E-state index in [9.17, 15) is 4.79 Å². The van der Waals surface area contributed by atoms with Crippen LogP contribution in [0.5, 0.6) is 5.75 Å². The summed E-state index contributed by atoms with van der Waals surface area (Å²) in [6.07, 6.45) is 0.630. The number of methoxy groups -OCH3 is 1. The summed E-state index contributed by atoms with van der Waals surface area (Å²) in [6, 6.07) is 23.6. The first-order valence-corrected chi connectivity index (χ1v) is 10.0. The van der Waals surface area contributed by atoms with Crippen molar-refractivity contribution in [3.63, 3.8) is 0 Å². The van der Waals surface area contributed by atoms with Crippen molar-refractivity contribution in [2.24, 2.45) is 0 Å². The number of hydrogen-bond donors (Lipinski definition) is 1. The molecule has 3 aromatic rings. The SMILES string of the molecule is COc1ccc(CNC2c3ccccc3C(=O)N2CCc2ccc(Cl)cc2)cc1. The van der Waals surface area contributed by atoms with Crippen molar-refractivity contribution in [2.75, 3.05) is 13.7 Å². The molecule has 1 aliphatic heterocycles. The lowest BCUT2D eigenvalue weighted by Crippen LogP contribution is -2.37. The second-order valence-electron chi connectivity index (χ2n) is 7.09. The highest BCUT2D eigenvalue weighted by atomic mass is 35.5. The van der Waals surface area contributed by atoms with Crippen LogP contribution < -0.4 is 10.1 Å². The highest BCUT2D eigenvalue weighted by molar-refractivity contribution is 6.30. The summed E-state index contributed by atoms with van der Waals surface area (Å²) in [5.74, 6) is 0.904. The van der Waals surface area contributed by atoms with Gasteiger partial charge in [0.05, 0.1) is 7.11 Å². The smallest absolute Gasteiger partial charge is 0.255 e. The molecule has 1 amide bonds. The molecule has 4 nitrogen and oxygen atoms in total. The summed E-state index contributed by atoms with van der Waals surface area (Å²) in [6.45, 7) is 1.29. The van der Waals surface area contributed by atoms with Gasteiger partial charge in [-0.2, -0.15) is 0 Å². The predicted molar refractivity (Wildman–Crippen MR) is 115 cm³/mol. The Morgan fingerprint density at radius 1 is 0.966 bits per heavy atom. The number of halogens is 1. The maximum atomic E-state index is 13.0. The van der Waals surface area contributed by atoms with Crippen molar-refractivity contribution in [1.29, 1.82) is 0 Å². The van der Waals surface area contributed by atoms with Crippen LogP contribution in [0.15, 0.2) is 72.8 Å². The van der Waals surface area contributed by atoms with E-state index in [2.05, 4.69) is 5.32 Å². The Hall–Kier alpha value is -2.82. The minimum Gasteiger partial charge on any atom is -0.497 e. The predicted octanol–water partition coefficient (Wildman–Crippen LogP) is 4.84. The number of amides is 1. The lowest BCUT2D eigenvalue weighted by molar-refractivity contribution is 0.0696. The molecule has 1 atom stereocenters. The number of fused-ring (bicyclic) bond motifs is 1. The summed E-state index contributed by atoms with van der Waals surface area (Å²) >= 11 is 5.98. The quantitative estimate of drug-likeness (QED) is 0.610. The third-order valence-corrected chi connectivity index (χ3v) is 5.52. The number of carbonyl (C=O) groups excluding carboxylic acids is 1. The van der Waals surface area contributed by atoms with E-state index in [0.29, 0.717) is 13.1 Å². The molecule has 0 radical (unpaired) electrons. The molecule has 0 fully saturated rings. The maximum absolute atomic E-state index is 13.0. The van der Waals surface area contributed by atoms with E-state index in [1.807, 2.05) is 77.7 Å². The molecule has 0 aliphatic carbocycles. The molecular weight excluding hydrogens is 384 g/mol. The normalized spacial score (nSPS) is 15.4. The molecule has 29 heavy (non-hydrogen) atoms. The minimum absolute atomic E-state index is 0.0711. The van der Waals surface area contributed by atoms with E-state index in [4.69, 9.17) is 16.3 Å².